The molecular weight excluding hydrogens is 576 g/mol. The Hall–Kier alpha value is -4.80. The molecule has 0 aliphatic rings. The van der Waals surface area contributed by atoms with Crippen molar-refractivity contribution in [3.8, 4) is 0 Å². The highest BCUT2D eigenvalue weighted by atomic mass is 16.6. The fraction of sp³-hybridized carbons (Fsp3) is 0.182. The fourth-order valence-corrected chi connectivity index (χ4v) is 6.50. The maximum atomic E-state index is 7.04. The zero-order chi connectivity index (χ0) is 32.4. The number of benzene rings is 6. The summed E-state index contributed by atoms with van der Waals surface area (Å²) in [5.74, 6) is 0. The van der Waals surface area contributed by atoms with Crippen molar-refractivity contribution in [3.05, 3.63) is 215 Å². The van der Waals surface area contributed by atoms with Gasteiger partial charge in [-0.3, -0.25) is 0 Å². The van der Waals surface area contributed by atoms with E-state index in [1.807, 2.05) is 36.4 Å². The Kier molecular flexibility index (Phi) is 10.4. The molecule has 0 aliphatic heterocycles. The molecule has 0 bridgehead atoms. The number of rotatable bonds is 14. The van der Waals surface area contributed by atoms with Gasteiger partial charge in [0.05, 0.1) is 25.4 Å². The lowest BCUT2D eigenvalue weighted by Gasteiger charge is -2.38. The van der Waals surface area contributed by atoms with E-state index in [9.17, 15) is 0 Å². The molecule has 0 aromatic heterocycles. The summed E-state index contributed by atoms with van der Waals surface area (Å²) in [6.45, 7) is 4.90. The third kappa shape index (κ3) is 6.99. The molecule has 0 heterocycles. The predicted octanol–water partition coefficient (Wildman–Crippen LogP) is 9.80. The summed E-state index contributed by atoms with van der Waals surface area (Å²) in [4.78, 5) is 0. The van der Waals surface area contributed by atoms with E-state index in [1.165, 1.54) is 0 Å². The van der Waals surface area contributed by atoms with Gasteiger partial charge >= 0.3 is 0 Å². The number of ether oxygens (including phenoxy) is 3. The van der Waals surface area contributed by atoms with Crippen molar-refractivity contribution >= 4 is 0 Å². The predicted molar refractivity (Wildman–Crippen MR) is 190 cm³/mol. The number of hydrogen-bond acceptors (Lipinski definition) is 3. The molecule has 236 valence electrons. The molecule has 47 heavy (non-hydrogen) atoms. The Morgan fingerprint density at radius 3 is 0.723 bits per heavy atom. The molecule has 3 heteroatoms. The highest BCUT2D eigenvalue weighted by Crippen LogP contribution is 2.42. The summed E-state index contributed by atoms with van der Waals surface area (Å²) in [6, 6.07) is 62.7. The van der Waals surface area contributed by atoms with E-state index in [1.54, 1.807) is 0 Å². The van der Waals surface area contributed by atoms with Gasteiger partial charge in [-0.25, -0.2) is 0 Å². The van der Waals surface area contributed by atoms with Crippen LogP contribution in [0.25, 0.3) is 0 Å². The molecule has 0 unspecified atom stereocenters. The lowest BCUT2D eigenvalue weighted by molar-refractivity contribution is -0.111. The Balaban J connectivity index is 1.25. The van der Waals surface area contributed by atoms with Gasteiger partial charge in [0.2, 0.25) is 0 Å². The molecule has 0 aliphatic carbocycles. The second kappa shape index (κ2) is 15.2. The third-order valence-corrected chi connectivity index (χ3v) is 8.62. The number of hydrogen-bond donors (Lipinski definition) is 0. The van der Waals surface area contributed by atoms with Gasteiger partial charge in [-0.15, -0.1) is 0 Å². The summed E-state index contributed by atoms with van der Waals surface area (Å²) >= 11 is 0. The first-order valence-corrected chi connectivity index (χ1v) is 16.4. The molecule has 0 saturated heterocycles. The molecule has 6 aromatic rings. The van der Waals surface area contributed by atoms with Gasteiger partial charge in [-0.1, -0.05) is 182 Å². The molecule has 6 aromatic carbocycles. The summed E-state index contributed by atoms with van der Waals surface area (Å²) in [5.41, 5.74) is 4.81. The van der Waals surface area contributed by atoms with Crippen molar-refractivity contribution < 1.29 is 14.2 Å². The standard InChI is InChI=1S/C44H42O3/c1-35(33-45-43(37-21-9-3-10-22-37,38-23-11-4-12-24-38)39-25-13-5-14-26-39)47-36(2)34-46-44(40-27-15-6-16-28-40,41-29-17-7-18-30-41)42-31-19-8-20-32-42/h3-32,35-36H,33-34H2,1-2H3/t35-,36-/m1/s1. The third-order valence-electron chi connectivity index (χ3n) is 8.62. The molecule has 0 saturated carbocycles. The average molecular weight is 619 g/mol. The van der Waals surface area contributed by atoms with E-state index in [-0.39, 0.29) is 12.2 Å². The van der Waals surface area contributed by atoms with Crippen LogP contribution in [0.15, 0.2) is 182 Å². The van der Waals surface area contributed by atoms with Crippen LogP contribution in [0.4, 0.5) is 0 Å². The van der Waals surface area contributed by atoms with E-state index in [4.69, 9.17) is 14.2 Å². The van der Waals surface area contributed by atoms with Crippen molar-refractivity contribution in [2.45, 2.75) is 37.3 Å². The normalized spacial score (nSPS) is 13.1. The van der Waals surface area contributed by atoms with Crippen LogP contribution in [0.5, 0.6) is 0 Å². The maximum Gasteiger partial charge on any atom is 0.143 e. The maximum absolute atomic E-state index is 7.04. The van der Waals surface area contributed by atoms with Gasteiger partial charge in [0, 0.05) is 0 Å². The summed E-state index contributed by atoms with van der Waals surface area (Å²) < 4.78 is 20.7. The van der Waals surface area contributed by atoms with E-state index in [0.29, 0.717) is 13.2 Å². The molecule has 3 nitrogen and oxygen atoms in total. The SMILES string of the molecule is C[C@H](COC(c1ccccc1)(c1ccccc1)c1ccccc1)O[C@H](C)COC(c1ccccc1)(c1ccccc1)c1ccccc1. The quantitative estimate of drug-likeness (QED) is 0.114. The zero-order valence-corrected chi connectivity index (χ0v) is 27.1. The first-order chi connectivity index (χ1) is 23.1. The lowest BCUT2D eigenvalue weighted by atomic mass is 9.80. The Morgan fingerprint density at radius 2 is 0.532 bits per heavy atom. The lowest BCUT2D eigenvalue weighted by Crippen LogP contribution is -2.38. The molecule has 0 N–H and O–H groups in total. The van der Waals surface area contributed by atoms with E-state index in [2.05, 4.69) is 159 Å². The Morgan fingerprint density at radius 1 is 0.340 bits per heavy atom. The Labute approximate surface area is 279 Å². The van der Waals surface area contributed by atoms with E-state index >= 15 is 0 Å². The van der Waals surface area contributed by atoms with Crippen LogP contribution in [-0.4, -0.2) is 25.4 Å². The van der Waals surface area contributed by atoms with Crippen LogP contribution in [0, 0.1) is 0 Å². The highest BCUT2D eigenvalue weighted by Gasteiger charge is 2.39. The topological polar surface area (TPSA) is 27.7 Å². The van der Waals surface area contributed by atoms with Crippen LogP contribution in [0.2, 0.25) is 0 Å². The van der Waals surface area contributed by atoms with Gasteiger partial charge in [0.15, 0.2) is 0 Å². The Bertz CT molecular complexity index is 1430. The van der Waals surface area contributed by atoms with Gasteiger partial charge in [-0.05, 0) is 47.2 Å². The minimum atomic E-state index is -0.801. The van der Waals surface area contributed by atoms with Gasteiger partial charge in [0.25, 0.3) is 0 Å². The second-order valence-corrected chi connectivity index (χ2v) is 11.9. The molecule has 0 amide bonds. The van der Waals surface area contributed by atoms with Crippen molar-refractivity contribution in [1.82, 2.24) is 0 Å². The average Bonchev–Trinajstić information content (AvgIpc) is 3.15. The monoisotopic (exact) mass is 618 g/mol. The highest BCUT2D eigenvalue weighted by molar-refractivity contribution is 5.48. The summed E-state index contributed by atoms with van der Waals surface area (Å²) in [6.07, 6.45) is -0.410. The molecule has 0 spiro atoms. The van der Waals surface area contributed by atoms with Crippen molar-refractivity contribution in [1.29, 1.82) is 0 Å². The van der Waals surface area contributed by atoms with Crippen LogP contribution in [0.3, 0.4) is 0 Å². The molecule has 6 rings (SSSR count). The second-order valence-electron chi connectivity index (χ2n) is 11.9. The molecular formula is C44H42O3. The fourth-order valence-electron chi connectivity index (χ4n) is 6.50. The molecule has 2 atom stereocenters. The van der Waals surface area contributed by atoms with Crippen molar-refractivity contribution in [2.24, 2.45) is 0 Å². The van der Waals surface area contributed by atoms with Gasteiger partial charge in [-0.2, -0.15) is 0 Å². The minimum Gasteiger partial charge on any atom is -0.371 e. The van der Waals surface area contributed by atoms with Gasteiger partial charge < -0.3 is 14.2 Å². The summed E-state index contributed by atoms with van der Waals surface area (Å²) in [5, 5.41) is 0. The van der Waals surface area contributed by atoms with Crippen LogP contribution in [0.1, 0.15) is 47.2 Å². The van der Waals surface area contributed by atoms with Crippen molar-refractivity contribution in [2.75, 3.05) is 13.2 Å². The van der Waals surface area contributed by atoms with E-state index in [0.717, 1.165) is 33.4 Å². The van der Waals surface area contributed by atoms with Crippen molar-refractivity contribution in [3.63, 3.8) is 0 Å². The first-order valence-electron chi connectivity index (χ1n) is 16.4. The van der Waals surface area contributed by atoms with Crippen LogP contribution < -0.4 is 0 Å². The first kappa shape index (κ1) is 32.2. The van der Waals surface area contributed by atoms with E-state index < -0.39 is 11.2 Å². The van der Waals surface area contributed by atoms with Gasteiger partial charge in [0.1, 0.15) is 11.2 Å². The smallest absolute Gasteiger partial charge is 0.143 e. The van der Waals surface area contributed by atoms with Crippen LogP contribution in [-0.2, 0) is 25.4 Å². The van der Waals surface area contributed by atoms with Crippen LogP contribution >= 0.6 is 0 Å². The summed E-state index contributed by atoms with van der Waals surface area (Å²) in [7, 11) is 0. The molecule has 0 radical (unpaired) electrons. The largest absolute Gasteiger partial charge is 0.371 e. The molecule has 0 fully saturated rings. The zero-order valence-electron chi connectivity index (χ0n) is 27.1. The minimum absolute atomic E-state index is 0.205.